The normalized spacial score (nSPS) is 12.6. The molecular formula is C23H30N2O4. The van der Waals surface area contributed by atoms with Crippen molar-refractivity contribution in [3.63, 3.8) is 0 Å². The van der Waals surface area contributed by atoms with Crippen LogP contribution in [-0.2, 0) is 9.59 Å². The maximum atomic E-state index is 12.1. The molecule has 0 saturated heterocycles. The van der Waals surface area contributed by atoms with Gasteiger partial charge in [-0.25, -0.2) is 0 Å². The molecular weight excluding hydrogens is 368 g/mol. The van der Waals surface area contributed by atoms with Gasteiger partial charge < -0.3 is 20.1 Å². The van der Waals surface area contributed by atoms with Crippen LogP contribution in [0.5, 0.6) is 11.5 Å². The number of amides is 2. The highest BCUT2D eigenvalue weighted by Gasteiger charge is 2.15. The van der Waals surface area contributed by atoms with E-state index in [1.54, 1.807) is 13.8 Å². The number of aryl methyl sites for hydroxylation is 2. The van der Waals surface area contributed by atoms with Gasteiger partial charge in [-0.1, -0.05) is 24.3 Å². The number of nitrogens with one attached hydrogen (secondary N) is 2. The maximum Gasteiger partial charge on any atom is 0.260 e. The minimum absolute atomic E-state index is 0.186. The van der Waals surface area contributed by atoms with Gasteiger partial charge in [0, 0.05) is 13.1 Å². The summed E-state index contributed by atoms with van der Waals surface area (Å²) in [4.78, 5) is 24.2. The van der Waals surface area contributed by atoms with E-state index in [9.17, 15) is 9.59 Å². The van der Waals surface area contributed by atoms with Gasteiger partial charge in [0.1, 0.15) is 11.5 Å². The predicted molar refractivity (Wildman–Crippen MR) is 113 cm³/mol. The molecule has 0 bridgehead atoms. The lowest BCUT2D eigenvalue weighted by atomic mass is 10.2. The highest BCUT2D eigenvalue weighted by Crippen LogP contribution is 2.15. The summed E-state index contributed by atoms with van der Waals surface area (Å²) < 4.78 is 11.3. The Bertz CT molecular complexity index is 755. The summed E-state index contributed by atoms with van der Waals surface area (Å²) in [5.74, 6) is 0.966. The number of hydrogen-bond acceptors (Lipinski definition) is 4. The number of benzene rings is 2. The average molecular weight is 399 g/mol. The Balaban J connectivity index is 1.62. The fourth-order valence-corrected chi connectivity index (χ4v) is 2.69. The van der Waals surface area contributed by atoms with E-state index in [0.717, 1.165) is 11.1 Å². The summed E-state index contributed by atoms with van der Waals surface area (Å²) in [6.07, 6.45) is -0.561. The van der Waals surface area contributed by atoms with E-state index in [2.05, 4.69) is 10.6 Å². The highest BCUT2D eigenvalue weighted by atomic mass is 16.5. The molecule has 0 aliphatic rings. The Morgan fingerprint density at radius 2 is 1.21 bits per heavy atom. The van der Waals surface area contributed by atoms with Crippen molar-refractivity contribution in [2.75, 3.05) is 13.1 Å². The van der Waals surface area contributed by atoms with E-state index in [4.69, 9.17) is 9.47 Å². The van der Waals surface area contributed by atoms with Crippen LogP contribution < -0.4 is 20.1 Å². The summed E-state index contributed by atoms with van der Waals surface area (Å²) >= 11 is 0. The van der Waals surface area contributed by atoms with Gasteiger partial charge >= 0.3 is 0 Å². The zero-order valence-corrected chi connectivity index (χ0v) is 17.5. The van der Waals surface area contributed by atoms with E-state index in [0.29, 0.717) is 31.0 Å². The third kappa shape index (κ3) is 7.86. The Labute approximate surface area is 172 Å². The summed E-state index contributed by atoms with van der Waals surface area (Å²) in [7, 11) is 0. The van der Waals surface area contributed by atoms with E-state index in [-0.39, 0.29) is 11.8 Å². The number of rotatable bonds is 10. The second kappa shape index (κ2) is 11.1. The van der Waals surface area contributed by atoms with E-state index in [1.807, 2.05) is 62.4 Å². The smallest absolute Gasteiger partial charge is 0.260 e. The van der Waals surface area contributed by atoms with Crippen LogP contribution in [0.2, 0.25) is 0 Å². The van der Waals surface area contributed by atoms with Crippen LogP contribution in [0.25, 0.3) is 0 Å². The van der Waals surface area contributed by atoms with Crippen molar-refractivity contribution in [3.8, 4) is 11.5 Å². The lowest BCUT2D eigenvalue weighted by Crippen LogP contribution is -2.39. The second-order valence-electron chi connectivity index (χ2n) is 7.09. The van der Waals surface area contributed by atoms with Crippen LogP contribution in [0.1, 0.15) is 31.4 Å². The Morgan fingerprint density at radius 3 is 1.59 bits per heavy atom. The third-order valence-electron chi connectivity index (χ3n) is 4.30. The van der Waals surface area contributed by atoms with Crippen LogP contribution in [0, 0.1) is 13.8 Å². The summed E-state index contributed by atoms with van der Waals surface area (Å²) in [6, 6.07) is 15.2. The van der Waals surface area contributed by atoms with Gasteiger partial charge in [0.15, 0.2) is 12.2 Å². The van der Waals surface area contributed by atoms with Crippen molar-refractivity contribution in [2.24, 2.45) is 0 Å². The molecule has 2 N–H and O–H groups in total. The number of carbonyl (C=O) groups is 2. The van der Waals surface area contributed by atoms with Gasteiger partial charge in [-0.3, -0.25) is 9.59 Å². The molecule has 2 rings (SSSR count). The van der Waals surface area contributed by atoms with Gasteiger partial charge in [-0.2, -0.15) is 0 Å². The highest BCUT2D eigenvalue weighted by molar-refractivity contribution is 5.81. The molecule has 0 radical (unpaired) electrons. The third-order valence-corrected chi connectivity index (χ3v) is 4.30. The van der Waals surface area contributed by atoms with E-state index >= 15 is 0 Å². The first-order chi connectivity index (χ1) is 13.8. The van der Waals surface area contributed by atoms with Gasteiger partial charge in [0.05, 0.1) is 0 Å². The molecule has 156 valence electrons. The first-order valence-corrected chi connectivity index (χ1v) is 9.87. The molecule has 6 nitrogen and oxygen atoms in total. The van der Waals surface area contributed by atoms with Gasteiger partial charge in [0.25, 0.3) is 11.8 Å². The molecule has 2 unspecified atom stereocenters. The second-order valence-corrected chi connectivity index (χ2v) is 7.09. The lowest BCUT2D eigenvalue weighted by molar-refractivity contribution is -0.127. The van der Waals surface area contributed by atoms with Gasteiger partial charge in [-0.15, -0.1) is 0 Å². The van der Waals surface area contributed by atoms with Crippen LogP contribution in [-0.4, -0.2) is 37.1 Å². The Morgan fingerprint density at radius 1 is 0.793 bits per heavy atom. The monoisotopic (exact) mass is 398 g/mol. The Kier molecular flexibility index (Phi) is 8.52. The quantitative estimate of drug-likeness (QED) is 0.603. The van der Waals surface area contributed by atoms with Crippen LogP contribution in [0.15, 0.2) is 48.5 Å². The van der Waals surface area contributed by atoms with E-state index in [1.165, 1.54) is 0 Å². The average Bonchev–Trinajstić information content (AvgIpc) is 2.67. The zero-order valence-electron chi connectivity index (χ0n) is 17.5. The fraction of sp³-hybridized carbons (Fsp3) is 0.391. The number of carbonyl (C=O) groups excluding carboxylic acids is 2. The lowest BCUT2D eigenvalue weighted by Gasteiger charge is -2.16. The molecule has 0 aromatic heterocycles. The molecule has 0 fully saturated rings. The minimum atomic E-state index is -0.589. The molecule has 6 heteroatoms. The topological polar surface area (TPSA) is 76.7 Å². The number of ether oxygens (including phenoxy) is 2. The molecule has 29 heavy (non-hydrogen) atoms. The first-order valence-electron chi connectivity index (χ1n) is 9.87. The predicted octanol–water partition coefficient (Wildman–Crippen LogP) is 3.16. The molecule has 0 spiro atoms. The van der Waals surface area contributed by atoms with Crippen LogP contribution in [0.4, 0.5) is 0 Å². The van der Waals surface area contributed by atoms with Crippen molar-refractivity contribution >= 4 is 11.8 Å². The molecule has 0 aliphatic heterocycles. The first kappa shape index (κ1) is 22.3. The minimum Gasteiger partial charge on any atom is -0.481 e. The van der Waals surface area contributed by atoms with Crippen molar-refractivity contribution in [1.82, 2.24) is 10.6 Å². The molecule has 0 aliphatic carbocycles. The SMILES string of the molecule is Cc1cccc(OC(C)C(=O)NCCCNC(=O)C(C)Oc2cccc(C)c2)c1. The van der Waals surface area contributed by atoms with E-state index < -0.39 is 12.2 Å². The molecule has 2 aromatic carbocycles. The van der Waals surface area contributed by atoms with Gasteiger partial charge in [0.2, 0.25) is 0 Å². The zero-order chi connectivity index (χ0) is 21.2. The van der Waals surface area contributed by atoms with Crippen LogP contribution in [0.3, 0.4) is 0 Å². The molecule has 0 saturated carbocycles. The Hall–Kier alpha value is -3.02. The van der Waals surface area contributed by atoms with Gasteiger partial charge in [-0.05, 0) is 69.5 Å². The fourth-order valence-electron chi connectivity index (χ4n) is 2.69. The molecule has 0 heterocycles. The molecule has 2 atom stereocenters. The van der Waals surface area contributed by atoms with Crippen molar-refractivity contribution in [3.05, 3.63) is 59.7 Å². The van der Waals surface area contributed by atoms with Crippen molar-refractivity contribution in [1.29, 1.82) is 0 Å². The maximum absolute atomic E-state index is 12.1. The summed E-state index contributed by atoms with van der Waals surface area (Å²) in [5, 5.41) is 5.64. The van der Waals surface area contributed by atoms with Crippen molar-refractivity contribution in [2.45, 2.75) is 46.3 Å². The molecule has 2 aromatic rings. The van der Waals surface area contributed by atoms with Crippen LogP contribution >= 0.6 is 0 Å². The summed E-state index contributed by atoms with van der Waals surface area (Å²) in [6.45, 7) is 8.27. The number of hydrogen-bond donors (Lipinski definition) is 2. The van der Waals surface area contributed by atoms with Crippen molar-refractivity contribution < 1.29 is 19.1 Å². The summed E-state index contributed by atoms with van der Waals surface area (Å²) in [5.41, 5.74) is 2.15. The molecule has 2 amide bonds. The largest absolute Gasteiger partial charge is 0.481 e. The standard InChI is InChI=1S/C23H30N2O4/c1-16-8-5-10-20(14-16)28-18(3)22(26)24-12-7-13-25-23(27)19(4)29-21-11-6-9-17(2)15-21/h5-6,8-11,14-15,18-19H,7,12-13H2,1-4H3,(H,24,26)(H,25,27).